The summed E-state index contributed by atoms with van der Waals surface area (Å²) in [4.78, 5) is 22.4. The van der Waals surface area contributed by atoms with Crippen LogP contribution in [0.25, 0.3) is 11.3 Å². The van der Waals surface area contributed by atoms with Crippen LogP contribution in [0.2, 0.25) is 5.02 Å². The Balaban J connectivity index is 1.46. The zero-order valence-electron chi connectivity index (χ0n) is 15.6. The van der Waals surface area contributed by atoms with Gasteiger partial charge in [0.25, 0.3) is 5.91 Å². The van der Waals surface area contributed by atoms with E-state index in [0.29, 0.717) is 22.9 Å². The van der Waals surface area contributed by atoms with Crippen LogP contribution >= 0.6 is 11.6 Å². The normalized spacial score (nSPS) is 15.9. The van der Waals surface area contributed by atoms with Crippen molar-refractivity contribution in [3.8, 4) is 23.1 Å². The third kappa shape index (κ3) is 4.10. The first-order valence-electron chi connectivity index (χ1n) is 9.38. The van der Waals surface area contributed by atoms with E-state index in [1.165, 1.54) is 0 Å². The summed E-state index contributed by atoms with van der Waals surface area (Å²) in [5, 5.41) is 9.83. The fraction of sp³-hybridized carbons (Fsp3) is 0.227. The van der Waals surface area contributed by atoms with Crippen LogP contribution in [0.4, 0.5) is 0 Å². The number of nitrogens with zero attached hydrogens (tertiary/aromatic N) is 3. The molecule has 1 amide bonds. The number of nitriles is 1. The Bertz CT molecular complexity index is 1060. The van der Waals surface area contributed by atoms with E-state index in [0.717, 1.165) is 29.9 Å². The van der Waals surface area contributed by atoms with Gasteiger partial charge in [0.15, 0.2) is 6.61 Å². The predicted octanol–water partition coefficient (Wildman–Crippen LogP) is 4.34. The quantitative estimate of drug-likeness (QED) is 0.683. The lowest BCUT2D eigenvalue weighted by atomic mass is 10.2. The van der Waals surface area contributed by atoms with Gasteiger partial charge < -0.3 is 14.6 Å². The first kappa shape index (κ1) is 19.0. The van der Waals surface area contributed by atoms with Crippen LogP contribution in [0.5, 0.6) is 5.75 Å². The number of imidazole rings is 1. The van der Waals surface area contributed by atoms with Crippen LogP contribution in [0.3, 0.4) is 0 Å². The van der Waals surface area contributed by atoms with Crippen LogP contribution in [0.1, 0.15) is 30.3 Å². The standard InChI is InChI=1S/C22H19ClN4O2/c23-17-9-7-15(8-10-17)18-13-25-22(26-18)19-5-3-11-27(19)21(28)14-29-20-6-2-1-4-16(20)12-24/h1-2,4,6-10,13,19H,3,5,11,14H2,(H,25,26)/t19-/m0/s1. The molecule has 0 bridgehead atoms. The van der Waals surface area contributed by atoms with Crippen molar-refractivity contribution >= 4 is 17.5 Å². The number of rotatable bonds is 5. The topological polar surface area (TPSA) is 82.0 Å². The highest BCUT2D eigenvalue weighted by molar-refractivity contribution is 6.30. The van der Waals surface area contributed by atoms with E-state index >= 15 is 0 Å². The molecule has 0 saturated carbocycles. The molecule has 1 fully saturated rings. The van der Waals surface area contributed by atoms with Gasteiger partial charge in [0.1, 0.15) is 17.6 Å². The number of ether oxygens (including phenoxy) is 1. The molecule has 1 saturated heterocycles. The minimum absolute atomic E-state index is 0.111. The third-order valence-electron chi connectivity index (χ3n) is 5.00. The Kier molecular flexibility index (Phi) is 5.50. The number of halogens is 1. The molecule has 0 aliphatic carbocycles. The van der Waals surface area contributed by atoms with Crippen molar-refractivity contribution in [2.45, 2.75) is 18.9 Å². The van der Waals surface area contributed by atoms with E-state index in [2.05, 4.69) is 16.0 Å². The Morgan fingerprint density at radius 2 is 2.07 bits per heavy atom. The van der Waals surface area contributed by atoms with E-state index in [1.807, 2.05) is 24.3 Å². The molecule has 29 heavy (non-hydrogen) atoms. The summed E-state index contributed by atoms with van der Waals surface area (Å²) in [5.74, 6) is 1.06. The number of hydrogen-bond donors (Lipinski definition) is 1. The summed E-state index contributed by atoms with van der Waals surface area (Å²) in [5.41, 5.74) is 2.28. The number of likely N-dealkylation sites (tertiary alicyclic amines) is 1. The van der Waals surface area contributed by atoms with E-state index in [4.69, 9.17) is 21.6 Å². The van der Waals surface area contributed by atoms with Crippen molar-refractivity contribution < 1.29 is 9.53 Å². The average molecular weight is 407 g/mol. The first-order valence-corrected chi connectivity index (χ1v) is 9.76. The number of aromatic amines is 1. The Morgan fingerprint density at radius 1 is 1.28 bits per heavy atom. The predicted molar refractivity (Wildman–Crippen MR) is 109 cm³/mol. The second-order valence-corrected chi connectivity index (χ2v) is 7.27. The second-order valence-electron chi connectivity index (χ2n) is 6.83. The third-order valence-corrected chi connectivity index (χ3v) is 5.25. The van der Waals surface area contributed by atoms with Crippen LogP contribution in [0.15, 0.2) is 54.7 Å². The van der Waals surface area contributed by atoms with Crippen molar-refractivity contribution in [3.63, 3.8) is 0 Å². The van der Waals surface area contributed by atoms with Crippen molar-refractivity contribution in [1.82, 2.24) is 14.9 Å². The summed E-state index contributed by atoms with van der Waals surface area (Å²) >= 11 is 5.96. The molecule has 146 valence electrons. The van der Waals surface area contributed by atoms with E-state index < -0.39 is 0 Å². The average Bonchev–Trinajstić information content (AvgIpc) is 3.42. The number of carbonyl (C=O) groups excluding carboxylic acids is 1. The van der Waals surface area contributed by atoms with Gasteiger partial charge in [-0.05, 0) is 42.7 Å². The molecule has 2 heterocycles. The molecule has 1 aliphatic heterocycles. The fourth-order valence-electron chi connectivity index (χ4n) is 3.54. The molecule has 2 aromatic carbocycles. The summed E-state index contributed by atoms with van der Waals surface area (Å²) in [7, 11) is 0. The number of carbonyl (C=O) groups is 1. The van der Waals surface area contributed by atoms with E-state index in [9.17, 15) is 4.79 Å². The maximum atomic E-state index is 12.8. The molecule has 1 atom stereocenters. The largest absolute Gasteiger partial charge is 0.482 e. The molecule has 0 spiro atoms. The van der Waals surface area contributed by atoms with E-state index in [1.54, 1.807) is 35.4 Å². The monoisotopic (exact) mass is 406 g/mol. The van der Waals surface area contributed by atoms with Crippen LogP contribution < -0.4 is 4.74 Å². The van der Waals surface area contributed by atoms with Gasteiger partial charge >= 0.3 is 0 Å². The number of hydrogen-bond acceptors (Lipinski definition) is 4. The number of aromatic nitrogens is 2. The number of para-hydroxylation sites is 1. The minimum atomic E-state index is -0.121. The Morgan fingerprint density at radius 3 is 2.86 bits per heavy atom. The van der Waals surface area contributed by atoms with Crippen LogP contribution in [-0.2, 0) is 4.79 Å². The fourth-order valence-corrected chi connectivity index (χ4v) is 3.66. The lowest BCUT2D eigenvalue weighted by Crippen LogP contribution is -2.35. The molecule has 1 N–H and O–H groups in total. The summed E-state index contributed by atoms with van der Waals surface area (Å²) < 4.78 is 5.62. The molecule has 3 aromatic rings. The van der Waals surface area contributed by atoms with Crippen LogP contribution in [-0.4, -0.2) is 33.9 Å². The molecule has 4 rings (SSSR count). The highest BCUT2D eigenvalue weighted by Crippen LogP contribution is 2.32. The smallest absolute Gasteiger partial charge is 0.261 e. The van der Waals surface area contributed by atoms with Crippen molar-refractivity contribution in [2.24, 2.45) is 0 Å². The van der Waals surface area contributed by atoms with Crippen molar-refractivity contribution in [3.05, 3.63) is 71.1 Å². The van der Waals surface area contributed by atoms with Gasteiger partial charge in [-0.25, -0.2) is 4.98 Å². The van der Waals surface area contributed by atoms with Gasteiger partial charge in [0, 0.05) is 11.6 Å². The zero-order chi connectivity index (χ0) is 20.2. The molecule has 1 aliphatic rings. The molecular formula is C22H19ClN4O2. The summed E-state index contributed by atoms with van der Waals surface area (Å²) in [6.07, 6.45) is 3.52. The van der Waals surface area contributed by atoms with Gasteiger partial charge in [-0.15, -0.1) is 0 Å². The number of H-pyrrole nitrogens is 1. The van der Waals surface area contributed by atoms with Gasteiger partial charge in [-0.2, -0.15) is 5.26 Å². The molecule has 7 heteroatoms. The summed E-state index contributed by atoms with van der Waals surface area (Å²) in [6.45, 7) is 0.545. The van der Waals surface area contributed by atoms with Crippen LogP contribution in [0, 0.1) is 11.3 Å². The number of benzene rings is 2. The van der Waals surface area contributed by atoms with Gasteiger partial charge in [0.2, 0.25) is 0 Å². The first-order chi connectivity index (χ1) is 14.2. The van der Waals surface area contributed by atoms with Gasteiger partial charge in [-0.1, -0.05) is 35.9 Å². The van der Waals surface area contributed by atoms with Crippen molar-refractivity contribution in [2.75, 3.05) is 13.2 Å². The van der Waals surface area contributed by atoms with Gasteiger partial charge in [0.05, 0.1) is 23.5 Å². The Labute approximate surface area is 173 Å². The molecule has 6 nitrogen and oxygen atoms in total. The van der Waals surface area contributed by atoms with Crippen molar-refractivity contribution in [1.29, 1.82) is 5.26 Å². The lowest BCUT2D eigenvalue weighted by Gasteiger charge is -2.23. The maximum Gasteiger partial charge on any atom is 0.261 e. The minimum Gasteiger partial charge on any atom is -0.482 e. The second kappa shape index (κ2) is 8.38. The highest BCUT2D eigenvalue weighted by atomic mass is 35.5. The maximum absolute atomic E-state index is 12.8. The molecule has 0 radical (unpaired) electrons. The van der Waals surface area contributed by atoms with E-state index in [-0.39, 0.29) is 18.6 Å². The highest BCUT2D eigenvalue weighted by Gasteiger charge is 2.32. The summed E-state index contributed by atoms with van der Waals surface area (Å²) in [6, 6.07) is 16.4. The van der Waals surface area contributed by atoms with Gasteiger partial charge in [-0.3, -0.25) is 4.79 Å². The SMILES string of the molecule is N#Cc1ccccc1OCC(=O)N1CCC[C@H]1c1ncc(-c2ccc(Cl)cc2)[nH]1. The zero-order valence-corrected chi connectivity index (χ0v) is 16.4. The number of amides is 1. The number of nitrogens with one attached hydrogen (secondary N) is 1. The molecule has 0 unspecified atom stereocenters. The Hall–Kier alpha value is -3.30. The lowest BCUT2D eigenvalue weighted by molar-refractivity contribution is -0.134. The molecular weight excluding hydrogens is 388 g/mol. The molecule has 1 aromatic heterocycles.